The van der Waals surface area contributed by atoms with E-state index in [1.807, 2.05) is 17.0 Å². The van der Waals surface area contributed by atoms with E-state index >= 15 is 0 Å². The van der Waals surface area contributed by atoms with Gasteiger partial charge in [-0.15, -0.1) is 5.10 Å². The second-order valence-corrected chi connectivity index (χ2v) is 8.88. The molecule has 0 saturated carbocycles. The Balaban J connectivity index is 1.47. The van der Waals surface area contributed by atoms with E-state index in [0.29, 0.717) is 24.0 Å². The number of nitrogens with two attached hydrogens (primary N) is 1. The van der Waals surface area contributed by atoms with Crippen molar-refractivity contribution in [1.82, 2.24) is 25.0 Å². The standard InChI is InChI=1S/C21H30ClN7O/c1-14-12-29(18-7-9-27(10-8-18)21-24-20(23)25-26-21)19(13-28(14)15(2)30)11-16-3-5-17(22)6-4-16/h3-6,14,18-19H,7-13H2,1-2H3,(H3,23,24,25,26)/t14-,19-/m0/s1. The van der Waals surface area contributed by atoms with Gasteiger partial charge in [0.1, 0.15) is 0 Å². The normalized spacial score (nSPS) is 23.7. The fourth-order valence-electron chi connectivity index (χ4n) is 4.83. The van der Waals surface area contributed by atoms with E-state index in [0.717, 1.165) is 50.5 Å². The fraction of sp³-hybridized carbons (Fsp3) is 0.571. The van der Waals surface area contributed by atoms with Gasteiger partial charge in [-0.05, 0) is 43.9 Å². The van der Waals surface area contributed by atoms with Gasteiger partial charge in [0.2, 0.25) is 17.8 Å². The monoisotopic (exact) mass is 431 g/mol. The van der Waals surface area contributed by atoms with Crippen LogP contribution in [-0.4, -0.2) is 75.2 Å². The summed E-state index contributed by atoms with van der Waals surface area (Å²) >= 11 is 6.07. The minimum absolute atomic E-state index is 0.153. The van der Waals surface area contributed by atoms with E-state index < -0.39 is 0 Å². The molecule has 0 spiro atoms. The molecule has 2 atom stereocenters. The first-order chi connectivity index (χ1) is 14.4. The topological polar surface area (TPSA) is 94.4 Å². The number of aromatic amines is 1. The highest BCUT2D eigenvalue weighted by atomic mass is 35.5. The van der Waals surface area contributed by atoms with Gasteiger partial charge in [-0.25, -0.2) is 5.10 Å². The molecule has 4 rings (SSSR count). The fourth-order valence-corrected chi connectivity index (χ4v) is 4.96. The van der Waals surface area contributed by atoms with Gasteiger partial charge in [0, 0.05) is 56.3 Å². The van der Waals surface area contributed by atoms with E-state index in [1.54, 1.807) is 6.92 Å². The third-order valence-electron chi connectivity index (χ3n) is 6.38. The summed E-state index contributed by atoms with van der Waals surface area (Å²) in [4.78, 5) is 23.3. The van der Waals surface area contributed by atoms with Crippen LogP contribution in [0.4, 0.5) is 11.9 Å². The third-order valence-corrected chi connectivity index (χ3v) is 6.63. The Morgan fingerprint density at radius 2 is 1.93 bits per heavy atom. The number of amides is 1. The van der Waals surface area contributed by atoms with Crippen LogP contribution in [0.15, 0.2) is 24.3 Å². The molecule has 1 aromatic carbocycles. The number of carbonyl (C=O) groups excluding carboxylic acids is 1. The minimum Gasteiger partial charge on any atom is -0.368 e. The van der Waals surface area contributed by atoms with Gasteiger partial charge in [0.05, 0.1) is 0 Å². The summed E-state index contributed by atoms with van der Waals surface area (Å²) in [5.41, 5.74) is 6.93. The van der Waals surface area contributed by atoms with Crippen molar-refractivity contribution in [2.75, 3.05) is 36.8 Å². The van der Waals surface area contributed by atoms with Crippen molar-refractivity contribution in [3.63, 3.8) is 0 Å². The second-order valence-electron chi connectivity index (χ2n) is 8.44. The van der Waals surface area contributed by atoms with Crippen LogP contribution < -0.4 is 10.6 Å². The zero-order valence-corrected chi connectivity index (χ0v) is 18.3. The molecule has 0 unspecified atom stereocenters. The zero-order chi connectivity index (χ0) is 21.3. The van der Waals surface area contributed by atoms with E-state index in [4.69, 9.17) is 17.3 Å². The van der Waals surface area contributed by atoms with Crippen molar-refractivity contribution >= 4 is 29.4 Å². The van der Waals surface area contributed by atoms with E-state index in [2.05, 4.69) is 44.0 Å². The van der Waals surface area contributed by atoms with E-state index in [9.17, 15) is 4.79 Å². The largest absolute Gasteiger partial charge is 0.368 e. The molecule has 0 aliphatic carbocycles. The second kappa shape index (κ2) is 8.81. The SMILES string of the molecule is CC(=O)N1C[C@H](Cc2ccc(Cl)cc2)N(C2CCN(c3n[nH]c(N)n3)CC2)C[C@@H]1C. The van der Waals surface area contributed by atoms with Crippen LogP contribution in [-0.2, 0) is 11.2 Å². The maximum Gasteiger partial charge on any atom is 0.246 e. The smallest absolute Gasteiger partial charge is 0.246 e. The summed E-state index contributed by atoms with van der Waals surface area (Å²) in [6.07, 6.45) is 2.99. The number of halogens is 1. The highest BCUT2D eigenvalue weighted by Crippen LogP contribution is 2.27. The number of aromatic nitrogens is 3. The van der Waals surface area contributed by atoms with Crippen molar-refractivity contribution < 1.29 is 4.79 Å². The molecule has 3 heterocycles. The molecule has 2 aromatic rings. The van der Waals surface area contributed by atoms with Crippen molar-refractivity contribution in [3.05, 3.63) is 34.9 Å². The molecule has 8 nitrogen and oxygen atoms in total. The van der Waals surface area contributed by atoms with Gasteiger partial charge < -0.3 is 15.5 Å². The Bertz CT molecular complexity index is 862. The molecule has 2 fully saturated rings. The lowest BCUT2D eigenvalue weighted by molar-refractivity contribution is -0.136. The average molecular weight is 432 g/mol. The van der Waals surface area contributed by atoms with Crippen LogP contribution in [0.5, 0.6) is 0 Å². The Morgan fingerprint density at radius 1 is 1.23 bits per heavy atom. The van der Waals surface area contributed by atoms with Gasteiger partial charge in [0.15, 0.2) is 0 Å². The van der Waals surface area contributed by atoms with Crippen LogP contribution >= 0.6 is 11.6 Å². The molecule has 2 aliphatic heterocycles. The van der Waals surface area contributed by atoms with Crippen molar-refractivity contribution in [2.45, 2.75) is 51.2 Å². The van der Waals surface area contributed by atoms with E-state index in [-0.39, 0.29) is 11.9 Å². The van der Waals surface area contributed by atoms with Crippen molar-refractivity contribution in [2.24, 2.45) is 0 Å². The lowest BCUT2D eigenvalue weighted by Gasteiger charge is -2.50. The molecule has 3 N–H and O–H groups in total. The van der Waals surface area contributed by atoms with Gasteiger partial charge in [-0.3, -0.25) is 9.69 Å². The number of piperazine rings is 1. The van der Waals surface area contributed by atoms with Crippen LogP contribution in [0.25, 0.3) is 0 Å². The molecular formula is C21H30ClN7O. The minimum atomic E-state index is 0.153. The Labute approximate surface area is 182 Å². The summed E-state index contributed by atoms with van der Waals surface area (Å²) in [6.45, 7) is 7.28. The highest BCUT2D eigenvalue weighted by molar-refractivity contribution is 6.30. The Hall–Kier alpha value is -2.32. The summed E-state index contributed by atoms with van der Waals surface area (Å²) < 4.78 is 0. The first-order valence-electron chi connectivity index (χ1n) is 10.6. The number of nitrogen functional groups attached to an aromatic ring is 1. The lowest BCUT2D eigenvalue weighted by Crippen LogP contribution is -2.62. The van der Waals surface area contributed by atoms with Crippen molar-refractivity contribution in [3.8, 4) is 0 Å². The maximum atomic E-state index is 12.2. The number of H-pyrrole nitrogens is 1. The van der Waals surface area contributed by atoms with Crippen LogP contribution in [0.1, 0.15) is 32.3 Å². The zero-order valence-electron chi connectivity index (χ0n) is 17.6. The predicted octanol–water partition coefficient (Wildman–Crippen LogP) is 2.17. The van der Waals surface area contributed by atoms with Gasteiger partial charge in [0.25, 0.3) is 0 Å². The van der Waals surface area contributed by atoms with Crippen LogP contribution in [0, 0.1) is 0 Å². The summed E-state index contributed by atoms with van der Waals surface area (Å²) in [6, 6.07) is 9.05. The first-order valence-corrected chi connectivity index (χ1v) is 11.0. The van der Waals surface area contributed by atoms with Crippen molar-refractivity contribution in [1.29, 1.82) is 0 Å². The number of hydrogen-bond donors (Lipinski definition) is 2. The summed E-state index contributed by atoms with van der Waals surface area (Å²) in [5.74, 6) is 1.18. The van der Waals surface area contributed by atoms with E-state index in [1.165, 1.54) is 5.56 Å². The molecule has 2 saturated heterocycles. The average Bonchev–Trinajstić information content (AvgIpc) is 3.17. The third kappa shape index (κ3) is 4.54. The Kier molecular flexibility index (Phi) is 6.15. The maximum absolute atomic E-state index is 12.2. The number of piperidine rings is 1. The number of carbonyl (C=O) groups is 1. The molecule has 0 radical (unpaired) electrons. The quantitative estimate of drug-likeness (QED) is 0.770. The first kappa shape index (κ1) is 20.9. The number of nitrogens with one attached hydrogen (secondary N) is 1. The van der Waals surface area contributed by atoms with Gasteiger partial charge in [-0.2, -0.15) is 4.98 Å². The highest BCUT2D eigenvalue weighted by Gasteiger charge is 2.38. The number of nitrogens with zero attached hydrogens (tertiary/aromatic N) is 5. The molecule has 162 valence electrons. The number of benzene rings is 1. The molecule has 2 aliphatic rings. The lowest BCUT2D eigenvalue weighted by atomic mass is 9.94. The van der Waals surface area contributed by atoms with Gasteiger partial charge in [-0.1, -0.05) is 23.7 Å². The van der Waals surface area contributed by atoms with Gasteiger partial charge >= 0.3 is 0 Å². The molecule has 1 aromatic heterocycles. The predicted molar refractivity (Wildman–Crippen MR) is 119 cm³/mol. The van der Waals surface area contributed by atoms with Crippen LogP contribution in [0.2, 0.25) is 5.02 Å². The molecule has 0 bridgehead atoms. The van der Waals surface area contributed by atoms with Crippen LogP contribution in [0.3, 0.4) is 0 Å². The molecule has 1 amide bonds. The number of hydrogen-bond acceptors (Lipinski definition) is 6. The molecule has 30 heavy (non-hydrogen) atoms. The molecular weight excluding hydrogens is 402 g/mol. The number of anilines is 2. The number of rotatable bonds is 4. The summed E-state index contributed by atoms with van der Waals surface area (Å²) in [7, 11) is 0. The summed E-state index contributed by atoms with van der Waals surface area (Å²) in [5, 5.41) is 7.66. The Morgan fingerprint density at radius 3 is 2.53 bits per heavy atom. The molecule has 9 heteroatoms.